The van der Waals surface area contributed by atoms with E-state index in [-0.39, 0.29) is 11.2 Å². The number of H-pyrrole nitrogens is 1. The number of hydrogen-bond acceptors (Lipinski definition) is 5. The fourth-order valence-corrected chi connectivity index (χ4v) is 2.15. The predicted octanol–water partition coefficient (Wildman–Crippen LogP) is 1.33. The van der Waals surface area contributed by atoms with Gasteiger partial charge in [0.05, 0.1) is 12.9 Å². The summed E-state index contributed by atoms with van der Waals surface area (Å²) in [6.07, 6.45) is 1.34. The highest BCUT2D eigenvalue weighted by atomic mass is 32.1. The maximum atomic E-state index is 11.2. The van der Waals surface area contributed by atoms with E-state index in [2.05, 4.69) is 21.4 Å². The van der Waals surface area contributed by atoms with Crippen molar-refractivity contribution in [2.75, 3.05) is 11.1 Å². The Bertz CT molecular complexity index is 546. The fourth-order valence-electron chi connectivity index (χ4n) is 1.30. The normalized spacial score (nSPS) is 10.3. The van der Waals surface area contributed by atoms with Crippen LogP contribution in [0.25, 0.3) is 0 Å². The maximum Gasteiger partial charge on any atom is 0.276 e. The minimum absolute atomic E-state index is 0.122. The number of nitrogens with one attached hydrogen (secondary N) is 2. The molecular formula is C10H12N4OS. The van der Waals surface area contributed by atoms with Gasteiger partial charge in [0.1, 0.15) is 5.69 Å². The Labute approximate surface area is 96.3 Å². The van der Waals surface area contributed by atoms with E-state index in [0.29, 0.717) is 12.4 Å². The maximum absolute atomic E-state index is 11.2. The van der Waals surface area contributed by atoms with Gasteiger partial charge in [-0.2, -0.15) is 0 Å². The summed E-state index contributed by atoms with van der Waals surface area (Å²) in [4.78, 5) is 18.8. The van der Waals surface area contributed by atoms with Crippen molar-refractivity contribution in [1.82, 2.24) is 9.97 Å². The summed E-state index contributed by atoms with van der Waals surface area (Å²) in [6, 6.07) is 2.05. The van der Waals surface area contributed by atoms with E-state index in [1.165, 1.54) is 16.8 Å². The number of aryl methyl sites for hydroxylation is 1. The number of anilines is 2. The van der Waals surface area contributed by atoms with Crippen LogP contribution < -0.4 is 16.6 Å². The summed E-state index contributed by atoms with van der Waals surface area (Å²) >= 11 is 1.66. The molecule has 0 saturated heterocycles. The topological polar surface area (TPSA) is 83.8 Å². The van der Waals surface area contributed by atoms with Gasteiger partial charge in [0.15, 0.2) is 5.82 Å². The van der Waals surface area contributed by atoms with E-state index < -0.39 is 0 Å². The van der Waals surface area contributed by atoms with Crippen molar-refractivity contribution < 1.29 is 0 Å². The van der Waals surface area contributed by atoms with Gasteiger partial charge in [-0.15, -0.1) is 11.3 Å². The summed E-state index contributed by atoms with van der Waals surface area (Å²) in [5.74, 6) is 0.427. The highest BCUT2D eigenvalue weighted by Crippen LogP contribution is 2.17. The summed E-state index contributed by atoms with van der Waals surface area (Å²) < 4.78 is 0. The van der Waals surface area contributed by atoms with Crippen LogP contribution in [-0.2, 0) is 6.54 Å². The lowest BCUT2D eigenvalue weighted by atomic mass is 10.3. The molecule has 0 radical (unpaired) electrons. The van der Waals surface area contributed by atoms with Crippen molar-refractivity contribution in [3.8, 4) is 0 Å². The molecule has 0 spiro atoms. The second-order valence-electron chi connectivity index (χ2n) is 3.37. The van der Waals surface area contributed by atoms with Gasteiger partial charge in [0, 0.05) is 4.88 Å². The SMILES string of the molecule is Cc1ccsc1CNc1nc[nH]c(=O)c1N. The Morgan fingerprint density at radius 2 is 2.44 bits per heavy atom. The van der Waals surface area contributed by atoms with Crippen LogP contribution >= 0.6 is 11.3 Å². The van der Waals surface area contributed by atoms with Gasteiger partial charge < -0.3 is 16.0 Å². The number of thiophene rings is 1. The molecular weight excluding hydrogens is 224 g/mol. The zero-order valence-electron chi connectivity index (χ0n) is 8.78. The molecule has 0 fully saturated rings. The molecule has 0 unspecified atom stereocenters. The summed E-state index contributed by atoms with van der Waals surface area (Å²) in [5, 5.41) is 5.08. The van der Waals surface area contributed by atoms with Crippen LogP contribution in [0.3, 0.4) is 0 Å². The number of aromatic amines is 1. The van der Waals surface area contributed by atoms with Crippen molar-refractivity contribution in [2.45, 2.75) is 13.5 Å². The first-order chi connectivity index (χ1) is 7.68. The molecule has 0 aromatic carbocycles. The Balaban J connectivity index is 2.14. The van der Waals surface area contributed by atoms with Crippen LogP contribution in [0.5, 0.6) is 0 Å². The molecule has 0 amide bonds. The number of nitrogens with two attached hydrogens (primary N) is 1. The van der Waals surface area contributed by atoms with Crippen LogP contribution in [0.4, 0.5) is 11.5 Å². The van der Waals surface area contributed by atoms with E-state index in [1.807, 2.05) is 12.3 Å². The Hall–Kier alpha value is -1.82. The van der Waals surface area contributed by atoms with E-state index in [0.717, 1.165) is 0 Å². The Morgan fingerprint density at radius 3 is 3.12 bits per heavy atom. The lowest BCUT2D eigenvalue weighted by Crippen LogP contribution is -2.16. The van der Waals surface area contributed by atoms with Crippen molar-refractivity contribution in [3.63, 3.8) is 0 Å². The predicted molar refractivity (Wildman–Crippen MR) is 65.7 cm³/mol. The van der Waals surface area contributed by atoms with Crippen LogP contribution in [0.1, 0.15) is 10.4 Å². The molecule has 0 atom stereocenters. The lowest BCUT2D eigenvalue weighted by molar-refractivity contribution is 1.07. The van der Waals surface area contributed by atoms with Gasteiger partial charge in [0.25, 0.3) is 5.56 Å². The van der Waals surface area contributed by atoms with Gasteiger partial charge in [-0.3, -0.25) is 4.79 Å². The number of rotatable bonds is 3. The minimum Gasteiger partial charge on any atom is -0.391 e. The zero-order chi connectivity index (χ0) is 11.5. The molecule has 0 aliphatic carbocycles. The standard InChI is InChI=1S/C10H12N4OS/c1-6-2-3-16-7(6)4-12-9-8(11)10(15)14-5-13-9/h2-3,5H,4,11H2,1H3,(H2,12,13,14,15). The highest BCUT2D eigenvalue weighted by Gasteiger charge is 2.05. The van der Waals surface area contributed by atoms with Crippen molar-refractivity contribution in [1.29, 1.82) is 0 Å². The van der Waals surface area contributed by atoms with E-state index in [4.69, 9.17) is 5.73 Å². The molecule has 16 heavy (non-hydrogen) atoms. The number of hydrogen-bond donors (Lipinski definition) is 3. The van der Waals surface area contributed by atoms with Crippen LogP contribution in [0.15, 0.2) is 22.6 Å². The molecule has 0 aliphatic rings. The van der Waals surface area contributed by atoms with Crippen LogP contribution in [0.2, 0.25) is 0 Å². The monoisotopic (exact) mass is 236 g/mol. The number of nitrogen functional groups attached to an aromatic ring is 1. The molecule has 2 aromatic rings. The molecule has 6 heteroatoms. The largest absolute Gasteiger partial charge is 0.391 e. The summed E-state index contributed by atoms with van der Waals surface area (Å²) in [6.45, 7) is 2.67. The van der Waals surface area contributed by atoms with E-state index in [1.54, 1.807) is 11.3 Å². The quantitative estimate of drug-likeness (QED) is 0.750. The summed E-state index contributed by atoms with van der Waals surface area (Å²) in [5.41, 5.74) is 6.62. The first kappa shape index (κ1) is 10.7. The molecule has 5 nitrogen and oxygen atoms in total. The van der Waals surface area contributed by atoms with Gasteiger partial charge >= 0.3 is 0 Å². The Morgan fingerprint density at radius 1 is 1.62 bits per heavy atom. The molecule has 84 valence electrons. The molecule has 0 aliphatic heterocycles. The van der Waals surface area contributed by atoms with Crippen molar-refractivity contribution in [3.05, 3.63) is 38.6 Å². The van der Waals surface area contributed by atoms with Crippen molar-refractivity contribution in [2.24, 2.45) is 0 Å². The number of aromatic nitrogens is 2. The molecule has 2 heterocycles. The molecule has 0 saturated carbocycles. The molecule has 2 aromatic heterocycles. The van der Waals surface area contributed by atoms with E-state index >= 15 is 0 Å². The third-order valence-corrected chi connectivity index (χ3v) is 3.30. The fraction of sp³-hybridized carbons (Fsp3) is 0.200. The first-order valence-electron chi connectivity index (χ1n) is 4.78. The highest BCUT2D eigenvalue weighted by molar-refractivity contribution is 7.10. The third-order valence-electron chi connectivity index (χ3n) is 2.27. The van der Waals surface area contributed by atoms with E-state index in [9.17, 15) is 4.79 Å². The van der Waals surface area contributed by atoms with Crippen molar-refractivity contribution >= 4 is 22.8 Å². The molecule has 2 rings (SSSR count). The number of nitrogens with zero attached hydrogens (tertiary/aromatic N) is 1. The first-order valence-corrected chi connectivity index (χ1v) is 5.66. The van der Waals surface area contributed by atoms with Gasteiger partial charge in [0.2, 0.25) is 0 Å². The smallest absolute Gasteiger partial charge is 0.276 e. The second kappa shape index (κ2) is 4.36. The van der Waals surface area contributed by atoms with Crippen LogP contribution in [0, 0.1) is 6.92 Å². The van der Waals surface area contributed by atoms with Gasteiger partial charge in [-0.25, -0.2) is 4.98 Å². The zero-order valence-corrected chi connectivity index (χ0v) is 9.60. The average molecular weight is 236 g/mol. The van der Waals surface area contributed by atoms with Gasteiger partial charge in [-0.05, 0) is 23.9 Å². The molecule has 0 bridgehead atoms. The third kappa shape index (κ3) is 2.06. The minimum atomic E-state index is -0.319. The Kier molecular flexibility index (Phi) is 2.91. The molecule has 4 N–H and O–H groups in total. The van der Waals surface area contributed by atoms with Gasteiger partial charge in [-0.1, -0.05) is 0 Å². The lowest BCUT2D eigenvalue weighted by Gasteiger charge is -2.06. The second-order valence-corrected chi connectivity index (χ2v) is 4.37. The summed E-state index contributed by atoms with van der Waals surface area (Å²) in [7, 11) is 0. The average Bonchev–Trinajstić information content (AvgIpc) is 2.67. The van der Waals surface area contributed by atoms with Crippen LogP contribution in [-0.4, -0.2) is 9.97 Å².